The van der Waals surface area contributed by atoms with Gasteiger partial charge in [-0.05, 0) is 0 Å². The molecule has 0 saturated heterocycles. The molecule has 0 saturated carbocycles. The first kappa shape index (κ1) is 15.8. The molecule has 0 bridgehead atoms. The van der Waals surface area contributed by atoms with Crippen molar-refractivity contribution in [3.05, 3.63) is 5.32 Å². The molecule has 0 aliphatic carbocycles. The summed E-state index contributed by atoms with van der Waals surface area (Å²) in [6.45, 7) is 0. The van der Waals surface area contributed by atoms with Crippen LogP contribution in [0.2, 0.25) is 0 Å². The van der Waals surface area contributed by atoms with Crippen LogP contribution >= 0.6 is 0 Å². The Balaban J connectivity index is -0.0000000200. The third kappa shape index (κ3) is 24.4. The summed E-state index contributed by atoms with van der Waals surface area (Å²) in [5.41, 5.74) is 0. The van der Waals surface area contributed by atoms with Gasteiger partial charge in [-0.2, -0.15) is 14.1 Å². The monoisotopic (exact) mass is 223 g/mol. The van der Waals surface area contributed by atoms with Crippen molar-refractivity contribution in [3.63, 3.8) is 0 Å². The molecule has 0 rings (SSSR count). The van der Waals surface area contributed by atoms with Crippen LogP contribution in [-0.4, -0.2) is 14.1 Å². The summed E-state index contributed by atoms with van der Waals surface area (Å²) in [5.74, 6) is 0. The van der Waals surface area contributed by atoms with Gasteiger partial charge in [0.1, 0.15) is 0 Å². The number of hydrogen-bond donors (Lipinski definition) is 0. The van der Waals surface area contributed by atoms with E-state index in [4.69, 9.17) is 0 Å². The van der Waals surface area contributed by atoms with Gasteiger partial charge in [0.05, 0.1) is 0 Å². The van der Waals surface area contributed by atoms with E-state index in [-0.39, 0.29) is 58.9 Å². The van der Waals surface area contributed by atoms with Crippen molar-refractivity contribution in [2.75, 3.05) is 14.1 Å². The van der Waals surface area contributed by atoms with Crippen molar-refractivity contribution in [2.45, 2.75) is 0 Å². The summed E-state index contributed by atoms with van der Waals surface area (Å²) in [6, 6.07) is 0. The third-order valence-electron chi connectivity index (χ3n) is 0. The smallest absolute Gasteiger partial charge is 0 e. The molecule has 0 N–H and O–H groups in total. The maximum Gasteiger partial charge on any atom is 0 e. The summed E-state index contributed by atoms with van der Waals surface area (Å²) < 4.78 is 0. The molecule has 0 aliphatic heterocycles. The topological polar surface area (TPSA) is 14.1 Å². The maximum atomic E-state index is 3.50. The Morgan fingerprint density at radius 2 is 1.20 bits per heavy atom. The summed E-state index contributed by atoms with van der Waals surface area (Å²) >= 11 is 0. The molecule has 1 radical (unpaired) electrons. The van der Waals surface area contributed by atoms with Crippen LogP contribution in [-0.2, 0) is 58.9 Å². The first-order valence-corrected chi connectivity index (χ1v) is 0.894. The van der Waals surface area contributed by atoms with Gasteiger partial charge in [-0.1, -0.05) is 0 Å². The Hall–Kier alpha value is 1.95. The molecular formula is C2H6NYZr-. The Labute approximate surface area is 77.3 Å². The Morgan fingerprint density at radius 1 is 1.20 bits per heavy atom. The molecule has 0 fully saturated rings. The van der Waals surface area contributed by atoms with Crippen molar-refractivity contribution < 1.29 is 58.9 Å². The molecule has 3 heteroatoms. The van der Waals surface area contributed by atoms with Gasteiger partial charge in [-0.25, -0.2) is 0 Å². The van der Waals surface area contributed by atoms with Gasteiger partial charge in [-0.15, -0.1) is 0 Å². The molecule has 0 unspecified atom stereocenters. The van der Waals surface area contributed by atoms with Crippen LogP contribution in [0.5, 0.6) is 0 Å². The number of hydrogen-bond acceptors (Lipinski definition) is 0. The predicted molar refractivity (Wildman–Crippen MR) is 15.2 cm³/mol. The largest absolute Gasteiger partial charge is 0.668 e. The van der Waals surface area contributed by atoms with Crippen molar-refractivity contribution in [1.29, 1.82) is 0 Å². The number of nitrogens with zero attached hydrogens (tertiary/aromatic N) is 1. The quantitative estimate of drug-likeness (QED) is 0.572. The van der Waals surface area contributed by atoms with Crippen LogP contribution < -0.4 is 0 Å². The second-order valence-electron chi connectivity index (χ2n) is 0.447. The molecule has 0 heterocycles. The molecule has 0 atom stereocenters. The molecule has 0 aromatic carbocycles. The minimum atomic E-state index is 0. The van der Waals surface area contributed by atoms with Crippen LogP contribution in [0.4, 0.5) is 0 Å². The van der Waals surface area contributed by atoms with E-state index in [0.717, 1.165) is 0 Å². The van der Waals surface area contributed by atoms with Crippen molar-refractivity contribution in [1.82, 2.24) is 0 Å². The second kappa shape index (κ2) is 16.8. The van der Waals surface area contributed by atoms with Gasteiger partial charge in [0.25, 0.3) is 0 Å². The van der Waals surface area contributed by atoms with Crippen LogP contribution in [0.15, 0.2) is 0 Å². The van der Waals surface area contributed by atoms with E-state index in [0.29, 0.717) is 0 Å². The summed E-state index contributed by atoms with van der Waals surface area (Å²) in [4.78, 5) is 0. The average molecular weight is 224 g/mol. The van der Waals surface area contributed by atoms with E-state index in [1.165, 1.54) is 0 Å². The van der Waals surface area contributed by atoms with E-state index in [1.807, 2.05) is 0 Å². The molecule has 1 nitrogen and oxygen atoms in total. The zero-order valence-electron chi connectivity index (χ0n) is 3.52. The van der Waals surface area contributed by atoms with Gasteiger partial charge in [0.15, 0.2) is 0 Å². The summed E-state index contributed by atoms with van der Waals surface area (Å²) in [7, 11) is 3.50. The Bertz CT molecular complexity index is 9.61. The SMILES string of the molecule is C[N-]C.[Y].[Zr]. The van der Waals surface area contributed by atoms with Gasteiger partial charge < -0.3 is 5.32 Å². The zero-order valence-corrected chi connectivity index (χ0v) is 8.82. The zero-order chi connectivity index (χ0) is 2.71. The first-order chi connectivity index (χ1) is 1.41. The molecule has 0 aliphatic rings. The minimum Gasteiger partial charge on any atom is -0.668 e. The Morgan fingerprint density at radius 3 is 1.20 bits per heavy atom. The van der Waals surface area contributed by atoms with Gasteiger partial charge in [-0.3, -0.25) is 0 Å². The van der Waals surface area contributed by atoms with Crippen molar-refractivity contribution in [2.24, 2.45) is 0 Å². The van der Waals surface area contributed by atoms with E-state index < -0.39 is 0 Å². The van der Waals surface area contributed by atoms with Crippen LogP contribution in [0.3, 0.4) is 0 Å². The second-order valence-corrected chi connectivity index (χ2v) is 0.447. The van der Waals surface area contributed by atoms with E-state index >= 15 is 0 Å². The maximum absolute atomic E-state index is 3.50. The molecular weight excluding hydrogens is 218 g/mol. The van der Waals surface area contributed by atoms with E-state index in [2.05, 4.69) is 5.32 Å². The van der Waals surface area contributed by atoms with Gasteiger partial charge in [0, 0.05) is 58.9 Å². The molecule has 27 valence electrons. The average Bonchev–Trinajstić information content (AvgIpc) is 0.918. The molecule has 0 aromatic rings. The van der Waals surface area contributed by atoms with E-state index in [1.54, 1.807) is 14.1 Å². The van der Waals surface area contributed by atoms with Crippen molar-refractivity contribution >= 4 is 0 Å². The first-order valence-electron chi connectivity index (χ1n) is 0.894. The van der Waals surface area contributed by atoms with E-state index in [9.17, 15) is 0 Å². The summed E-state index contributed by atoms with van der Waals surface area (Å²) in [5, 5.41) is 3.50. The molecule has 5 heavy (non-hydrogen) atoms. The fourth-order valence-corrected chi connectivity index (χ4v) is 0. The van der Waals surface area contributed by atoms with Gasteiger partial charge >= 0.3 is 0 Å². The van der Waals surface area contributed by atoms with Crippen molar-refractivity contribution in [3.8, 4) is 0 Å². The molecule has 0 aromatic heterocycles. The predicted octanol–water partition coefficient (Wildman–Crippen LogP) is 0.615. The fraction of sp³-hybridized carbons (Fsp3) is 1.00. The molecule has 0 spiro atoms. The standard InChI is InChI=1S/C2H6N.Y.Zr/c1-3-2;;/h1-2H3;;/q-1;;. The Kier molecular flexibility index (Phi) is 52.9. The summed E-state index contributed by atoms with van der Waals surface area (Å²) in [6.07, 6.45) is 0. The normalized spacial score (nSPS) is 3.60. The number of rotatable bonds is 0. The molecule has 0 amide bonds. The van der Waals surface area contributed by atoms with Crippen LogP contribution in [0, 0.1) is 0 Å². The minimum absolute atomic E-state index is 0. The van der Waals surface area contributed by atoms with Gasteiger partial charge in [0.2, 0.25) is 0 Å². The third-order valence-corrected chi connectivity index (χ3v) is 0. The van der Waals surface area contributed by atoms with Crippen LogP contribution in [0.1, 0.15) is 0 Å². The fourth-order valence-electron chi connectivity index (χ4n) is 0. The van der Waals surface area contributed by atoms with Crippen LogP contribution in [0.25, 0.3) is 5.32 Å².